The van der Waals surface area contributed by atoms with Crippen molar-refractivity contribution in [1.82, 2.24) is 0 Å². The van der Waals surface area contributed by atoms with E-state index >= 15 is 0 Å². The van der Waals surface area contributed by atoms with E-state index in [0.717, 1.165) is 102 Å². The van der Waals surface area contributed by atoms with Crippen LogP contribution in [0.5, 0.6) is 0 Å². The van der Waals surface area contributed by atoms with Crippen molar-refractivity contribution < 1.29 is 80.2 Å². The maximum absolute atomic E-state index is 13.1. The lowest BCUT2D eigenvalue weighted by Gasteiger charge is -2.21. The number of hydrogen-bond acceptors (Lipinski definition) is 15. The molecular weight excluding hydrogens is 1280 g/mol. The molecule has 0 radical (unpaired) electrons. The van der Waals surface area contributed by atoms with Crippen molar-refractivity contribution in [3.63, 3.8) is 0 Å². The van der Waals surface area contributed by atoms with Gasteiger partial charge in [-0.1, -0.05) is 369 Å². The normalized spacial score (nSPS) is 14.2. The molecule has 0 fully saturated rings. The first kappa shape index (κ1) is 96.1. The number of aliphatic hydroxyl groups is 1. The zero-order chi connectivity index (χ0) is 71.9. The van der Waals surface area contributed by atoms with Gasteiger partial charge in [-0.15, -0.1) is 0 Å². The molecule has 3 N–H and O–H groups in total. The van der Waals surface area contributed by atoms with Crippen LogP contribution >= 0.6 is 15.6 Å². The largest absolute Gasteiger partial charge is 0.472 e. The number of aliphatic hydroxyl groups excluding tert-OH is 1. The van der Waals surface area contributed by atoms with E-state index in [1.54, 1.807) is 0 Å². The van der Waals surface area contributed by atoms with Gasteiger partial charge < -0.3 is 33.8 Å². The molecule has 0 aliphatic rings. The number of hydrogen-bond donors (Lipinski definition) is 3. The minimum Gasteiger partial charge on any atom is -0.462 e. The first-order valence-electron chi connectivity index (χ1n) is 41.2. The van der Waals surface area contributed by atoms with Gasteiger partial charge in [-0.2, -0.15) is 0 Å². The third kappa shape index (κ3) is 71.1. The summed E-state index contributed by atoms with van der Waals surface area (Å²) in [5.74, 6) is -1.38. The Labute approximate surface area is 600 Å². The lowest BCUT2D eigenvalue weighted by molar-refractivity contribution is -0.161. The van der Waals surface area contributed by atoms with E-state index in [1.165, 1.54) is 238 Å². The van der Waals surface area contributed by atoms with E-state index < -0.39 is 97.5 Å². The van der Waals surface area contributed by atoms with Gasteiger partial charge in [0, 0.05) is 25.7 Å². The molecule has 0 aromatic heterocycles. The molecule has 0 bridgehead atoms. The average molecular weight is 1440 g/mol. The highest BCUT2D eigenvalue weighted by Crippen LogP contribution is 2.45. The number of ether oxygens (including phenoxy) is 4. The Morgan fingerprint density at radius 1 is 0.286 bits per heavy atom. The molecule has 17 nitrogen and oxygen atoms in total. The lowest BCUT2D eigenvalue weighted by atomic mass is 10.00. The summed E-state index contributed by atoms with van der Waals surface area (Å²) < 4.78 is 68.6. The number of phosphoric ester groups is 2. The van der Waals surface area contributed by atoms with Gasteiger partial charge in [0.1, 0.15) is 19.3 Å². The molecule has 582 valence electrons. The fraction of sp³-hybridized carbons (Fsp3) is 0.949. The van der Waals surface area contributed by atoms with Gasteiger partial charge in [0.25, 0.3) is 0 Å². The summed E-state index contributed by atoms with van der Waals surface area (Å²) >= 11 is 0. The maximum Gasteiger partial charge on any atom is 0.472 e. The van der Waals surface area contributed by atoms with E-state index in [4.69, 9.17) is 37.0 Å². The fourth-order valence-corrected chi connectivity index (χ4v) is 13.8. The highest BCUT2D eigenvalue weighted by molar-refractivity contribution is 7.47. The zero-order valence-corrected chi connectivity index (χ0v) is 65.7. The van der Waals surface area contributed by atoms with Crippen molar-refractivity contribution in [2.45, 2.75) is 438 Å². The number of carbonyl (C=O) groups excluding carboxylic acids is 4. The third-order valence-corrected chi connectivity index (χ3v) is 20.8. The molecule has 0 rings (SSSR count). The van der Waals surface area contributed by atoms with Crippen molar-refractivity contribution in [1.29, 1.82) is 0 Å². The molecule has 0 saturated heterocycles. The predicted octanol–water partition coefficient (Wildman–Crippen LogP) is 23.6. The summed E-state index contributed by atoms with van der Waals surface area (Å²) in [5, 5.41) is 10.6. The molecule has 0 aliphatic heterocycles. The van der Waals surface area contributed by atoms with E-state index in [2.05, 4.69) is 34.6 Å². The number of phosphoric acid groups is 2. The first-order valence-corrected chi connectivity index (χ1v) is 44.2. The predicted molar refractivity (Wildman–Crippen MR) is 400 cm³/mol. The molecule has 0 aliphatic carbocycles. The standard InChI is InChI=1S/C79H154O17P2/c1-6-10-13-16-19-22-25-28-30-31-32-33-34-35-36-39-42-45-48-55-60-65-78(83)95-74(68-89-76(81)62-57-52-46-43-40-38-29-26-23-20-17-14-11-7-2)70-93-97(85,86)91-66-73(80)67-92-98(87,88)94-71-75(69-90-77(82)63-58-53-50-49-51-56-61-72(5)9-4)96-79(84)64-59-54-47-44-41-37-27-24-21-18-15-12-8-3/h72-75,80H,6-71H2,1-5H3,(H,85,86)(H,87,88)/t72?,73-,74-,75-/m1/s1. The second kappa shape index (κ2) is 72.0. The van der Waals surface area contributed by atoms with Crippen molar-refractivity contribution >= 4 is 39.5 Å². The van der Waals surface area contributed by atoms with Gasteiger partial charge in [0.05, 0.1) is 26.4 Å². The summed E-state index contributed by atoms with van der Waals surface area (Å²) in [4.78, 5) is 72.9. The van der Waals surface area contributed by atoms with Crippen LogP contribution in [-0.2, 0) is 65.4 Å². The SMILES string of the molecule is CCCCCCCCCCCCCCCCCCCCCCCC(=O)O[C@H](COC(=O)CCCCCCCCCCCCCCCC)COP(=O)(O)OC[C@@H](O)COP(=O)(O)OC[C@@H](COC(=O)CCCCCCCCC(C)CC)OC(=O)CCCCCCCCCCCCCCC. The number of rotatable bonds is 79. The molecule has 0 aromatic carbocycles. The third-order valence-electron chi connectivity index (χ3n) is 18.9. The van der Waals surface area contributed by atoms with Crippen LogP contribution in [0, 0.1) is 5.92 Å². The van der Waals surface area contributed by atoms with Crippen LogP contribution in [0.25, 0.3) is 0 Å². The molecule has 0 saturated carbocycles. The van der Waals surface area contributed by atoms with Crippen LogP contribution in [0.15, 0.2) is 0 Å². The monoisotopic (exact) mass is 1440 g/mol. The Balaban J connectivity index is 5.21. The number of carbonyl (C=O) groups is 4. The lowest BCUT2D eigenvalue weighted by Crippen LogP contribution is -2.30. The highest BCUT2D eigenvalue weighted by atomic mass is 31.2. The maximum atomic E-state index is 13.1. The molecule has 0 aromatic rings. The second-order valence-electron chi connectivity index (χ2n) is 28.7. The van der Waals surface area contributed by atoms with E-state index in [1.807, 2.05) is 0 Å². The van der Waals surface area contributed by atoms with Crippen LogP contribution in [0.1, 0.15) is 420 Å². The smallest absolute Gasteiger partial charge is 0.462 e. The molecular formula is C79H154O17P2. The van der Waals surface area contributed by atoms with Gasteiger partial charge in [0.2, 0.25) is 0 Å². The van der Waals surface area contributed by atoms with Gasteiger partial charge in [0.15, 0.2) is 12.2 Å². The van der Waals surface area contributed by atoms with Crippen LogP contribution in [0.3, 0.4) is 0 Å². The van der Waals surface area contributed by atoms with Crippen LogP contribution < -0.4 is 0 Å². The number of unbranched alkanes of at least 4 members (excludes halogenated alkanes) is 50. The zero-order valence-electron chi connectivity index (χ0n) is 63.9. The summed E-state index contributed by atoms with van der Waals surface area (Å²) in [6.07, 6.45) is 62.5. The molecule has 19 heteroatoms. The Hall–Kier alpha value is -1.94. The molecule has 6 atom stereocenters. The van der Waals surface area contributed by atoms with Crippen molar-refractivity contribution in [2.75, 3.05) is 39.6 Å². The van der Waals surface area contributed by atoms with Crippen molar-refractivity contribution in [3.8, 4) is 0 Å². The van der Waals surface area contributed by atoms with Crippen LogP contribution in [0.4, 0.5) is 0 Å². The highest BCUT2D eigenvalue weighted by Gasteiger charge is 2.30. The number of esters is 4. The summed E-state index contributed by atoms with van der Waals surface area (Å²) in [7, 11) is -9.91. The average Bonchev–Trinajstić information content (AvgIpc) is 1.02. The van der Waals surface area contributed by atoms with Gasteiger partial charge in [-0.25, -0.2) is 9.13 Å². The van der Waals surface area contributed by atoms with Gasteiger partial charge in [-0.3, -0.25) is 37.3 Å². The molecule has 3 unspecified atom stereocenters. The fourth-order valence-electron chi connectivity index (χ4n) is 12.2. The van der Waals surface area contributed by atoms with Crippen LogP contribution in [0.2, 0.25) is 0 Å². The Kier molecular flexibility index (Phi) is 70.6. The molecule has 0 heterocycles. The molecule has 0 amide bonds. The minimum atomic E-state index is -4.96. The van der Waals surface area contributed by atoms with Gasteiger partial charge >= 0.3 is 39.5 Å². The van der Waals surface area contributed by atoms with Crippen molar-refractivity contribution in [3.05, 3.63) is 0 Å². The summed E-state index contributed by atoms with van der Waals surface area (Å²) in [6.45, 7) is 7.28. The molecule has 0 spiro atoms. The Morgan fingerprint density at radius 2 is 0.490 bits per heavy atom. The van der Waals surface area contributed by atoms with E-state index in [-0.39, 0.29) is 25.7 Å². The minimum absolute atomic E-state index is 0.107. The van der Waals surface area contributed by atoms with Crippen LogP contribution in [-0.4, -0.2) is 96.7 Å². The Bertz CT molecular complexity index is 1880. The molecule has 98 heavy (non-hydrogen) atoms. The Morgan fingerprint density at radius 3 is 0.724 bits per heavy atom. The van der Waals surface area contributed by atoms with E-state index in [0.29, 0.717) is 25.7 Å². The van der Waals surface area contributed by atoms with Gasteiger partial charge in [-0.05, 0) is 31.6 Å². The van der Waals surface area contributed by atoms with E-state index in [9.17, 15) is 43.2 Å². The first-order chi connectivity index (χ1) is 47.6. The summed E-state index contributed by atoms with van der Waals surface area (Å²) in [5.41, 5.74) is 0. The second-order valence-corrected chi connectivity index (χ2v) is 31.6. The topological polar surface area (TPSA) is 237 Å². The summed E-state index contributed by atoms with van der Waals surface area (Å²) in [6, 6.07) is 0. The van der Waals surface area contributed by atoms with Crippen molar-refractivity contribution in [2.24, 2.45) is 5.92 Å². The quantitative estimate of drug-likeness (QED) is 0.0222.